The van der Waals surface area contributed by atoms with Crippen LogP contribution in [0.1, 0.15) is 13.8 Å². The number of hydrogen-bond acceptors (Lipinski definition) is 7. The zero-order valence-corrected chi connectivity index (χ0v) is 19.5. The lowest BCUT2D eigenvalue weighted by Gasteiger charge is -2.23. The summed E-state index contributed by atoms with van der Waals surface area (Å²) in [7, 11) is 6.56. The maximum Gasteiger partial charge on any atom is 0.293 e. The lowest BCUT2D eigenvalue weighted by atomic mass is 10.1. The van der Waals surface area contributed by atoms with E-state index in [0.29, 0.717) is 40.2 Å². The Morgan fingerprint density at radius 1 is 1.03 bits per heavy atom. The highest BCUT2D eigenvalue weighted by atomic mass is 16.6. The third kappa shape index (κ3) is 4.08. The van der Waals surface area contributed by atoms with Gasteiger partial charge in [0.15, 0.2) is 0 Å². The first-order valence-corrected chi connectivity index (χ1v) is 10.6. The number of rotatable bonds is 9. The van der Waals surface area contributed by atoms with Gasteiger partial charge >= 0.3 is 0 Å². The molecule has 9 heteroatoms. The number of nitro groups is 1. The summed E-state index contributed by atoms with van der Waals surface area (Å²) in [5.74, 6) is 0.946. The minimum atomic E-state index is -0.454. The Morgan fingerprint density at radius 3 is 2.25 bits per heavy atom. The summed E-state index contributed by atoms with van der Waals surface area (Å²) in [4.78, 5) is 28.8. The van der Waals surface area contributed by atoms with Crippen molar-refractivity contribution >= 4 is 33.2 Å². The molecule has 0 saturated carbocycles. The highest BCUT2D eigenvalue weighted by Gasteiger charge is 2.23. The van der Waals surface area contributed by atoms with Crippen molar-refractivity contribution in [3.63, 3.8) is 0 Å². The topological polar surface area (TPSA) is 90.1 Å². The number of hydrogen-bond donors (Lipinski definition) is 0. The fourth-order valence-electron chi connectivity index (χ4n) is 4.06. The van der Waals surface area contributed by atoms with Crippen LogP contribution in [0.2, 0.25) is 0 Å². The van der Waals surface area contributed by atoms with Gasteiger partial charge in [0.05, 0.1) is 40.9 Å². The SMILES string of the molecule is CCN(CC)CCn1c2cc(N(C)C)c([N+](=O)[O-])cc2c(=O)c2c(OC)cc(OC)cc21. The van der Waals surface area contributed by atoms with Gasteiger partial charge in [-0.05, 0) is 19.2 Å². The Hall–Kier alpha value is -3.33. The molecule has 0 saturated heterocycles. The molecule has 0 radical (unpaired) electrons. The lowest BCUT2D eigenvalue weighted by Crippen LogP contribution is -2.28. The molecule has 172 valence electrons. The molecule has 2 aromatic carbocycles. The fourth-order valence-corrected chi connectivity index (χ4v) is 4.06. The van der Waals surface area contributed by atoms with Crippen molar-refractivity contribution in [1.82, 2.24) is 9.47 Å². The van der Waals surface area contributed by atoms with Crippen molar-refractivity contribution in [1.29, 1.82) is 0 Å². The van der Waals surface area contributed by atoms with Crippen molar-refractivity contribution in [2.24, 2.45) is 0 Å². The zero-order chi connectivity index (χ0) is 23.6. The average Bonchev–Trinajstić information content (AvgIpc) is 2.79. The summed E-state index contributed by atoms with van der Waals surface area (Å²) in [6.45, 7) is 7.35. The monoisotopic (exact) mass is 442 g/mol. The standard InChI is InChI=1S/C23H30N4O5/c1-7-25(8-2)9-10-26-17-14-18(24(3)4)19(27(29)30)13-16(17)23(28)22-20(26)11-15(31-5)12-21(22)32-6/h11-14H,7-10H2,1-6H3. The molecule has 0 atom stereocenters. The van der Waals surface area contributed by atoms with Crippen molar-refractivity contribution in [3.8, 4) is 11.5 Å². The summed E-state index contributed by atoms with van der Waals surface area (Å²) in [5.41, 5.74) is 1.33. The summed E-state index contributed by atoms with van der Waals surface area (Å²) in [5, 5.41) is 12.4. The molecule has 0 spiro atoms. The Bertz CT molecular complexity index is 1210. The average molecular weight is 443 g/mol. The van der Waals surface area contributed by atoms with E-state index in [1.54, 1.807) is 38.2 Å². The van der Waals surface area contributed by atoms with Crippen LogP contribution in [0.5, 0.6) is 11.5 Å². The van der Waals surface area contributed by atoms with Gasteiger partial charge in [-0.25, -0.2) is 0 Å². The maximum atomic E-state index is 13.5. The predicted molar refractivity (Wildman–Crippen MR) is 128 cm³/mol. The van der Waals surface area contributed by atoms with Crippen LogP contribution in [-0.2, 0) is 6.54 Å². The van der Waals surface area contributed by atoms with Gasteiger partial charge in [0.1, 0.15) is 17.2 Å². The quantitative estimate of drug-likeness (QED) is 0.285. The molecule has 0 unspecified atom stereocenters. The molecule has 1 aromatic heterocycles. The minimum Gasteiger partial charge on any atom is -0.497 e. The van der Waals surface area contributed by atoms with E-state index >= 15 is 0 Å². The molecule has 0 amide bonds. The molecule has 0 aliphatic rings. The highest BCUT2D eigenvalue weighted by molar-refractivity contribution is 6.00. The van der Waals surface area contributed by atoms with Crippen LogP contribution in [0.3, 0.4) is 0 Å². The second kappa shape index (κ2) is 9.44. The van der Waals surface area contributed by atoms with E-state index in [4.69, 9.17) is 9.47 Å². The number of benzene rings is 2. The number of fused-ring (bicyclic) bond motifs is 2. The largest absolute Gasteiger partial charge is 0.497 e. The molecule has 0 aliphatic carbocycles. The number of aromatic nitrogens is 1. The molecular weight excluding hydrogens is 412 g/mol. The molecule has 0 aliphatic heterocycles. The van der Waals surface area contributed by atoms with Crippen LogP contribution in [-0.4, -0.2) is 62.3 Å². The maximum absolute atomic E-state index is 13.5. The second-order valence-corrected chi connectivity index (χ2v) is 7.74. The molecule has 0 fully saturated rings. The van der Waals surface area contributed by atoms with Gasteiger partial charge in [0, 0.05) is 45.4 Å². The van der Waals surface area contributed by atoms with E-state index in [-0.39, 0.29) is 16.5 Å². The van der Waals surface area contributed by atoms with Crippen LogP contribution in [0.25, 0.3) is 21.8 Å². The van der Waals surface area contributed by atoms with Gasteiger partial charge < -0.3 is 23.8 Å². The molecule has 1 heterocycles. The van der Waals surface area contributed by atoms with Gasteiger partial charge in [0.25, 0.3) is 5.69 Å². The summed E-state index contributed by atoms with van der Waals surface area (Å²) < 4.78 is 13.0. The smallest absolute Gasteiger partial charge is 0.293 e. The van der Waals surface area contributed by atoms with Gasteiger partial charge in [-0.1, -0.05) is 13.8 Å². The van der Waals surface area contributed by atoms with Gasteiger partial charge in [-0.2, -0.15) is 0 Å². The van der Waals surface area contributed by atoms with E-state index in [1.165, 1.54) is 13.2 Å². The highest BCUT2D eigenvalue weighted by Crippen LogP contribution is 2.35. The first-order valence-electron chi connectivity index (χ1n) is 10.6. The summed E-state index contributed by atoms with van der Waals surface area (Å²) in [6.07, 6.45) is 0. The Morgan fingerprint density at radius 2 is 1.72 bits per heavy atom. The number of anilines is 1. The van der Waals surface area contributed by atoms with Crippen molar-refractivity contribution in [3.05, 3.63) is 44.6 Å². The second-order valence-electron chi connectivity index (χ2n) is 7.74. The summed E-state index contributed by atoms with van der Waals surface area (Å²) >= 11 is 0. The van der Waals surface area contributed by atoms with Crippen LogP contribution in [0.4, 0.5) is 11.4 Å². The Labute approximate surface area is 186 Å². The molecule has 3 aromatic rings. The van der Waals surface area contributed by atoms with Crippen LogP contribution >= 0.6 is 0 Å². The van der Waals surface area contributed by atoms with E-state index in [0.717, 1.165) is 19.6 Å². The molecule has 0 N–H and O–H groups in total. The number of likely N-dealkylation sites (N-methyl/N-ethyl adjacent to an activating group) is 1. The normalized spacial score (nSPS) is 11.3. The van der Waals surface area contributed by atoms with Crippen molar-refractivity contribution in [2.75, 3.05) is 52.8 Å². The molecule has 0 bridgehead atoms. The molecule has 3 rings (SSSR count). The third-order valence-electron chi connectivity index (χ3n) is 5.87. The van der Waals surface area contributed by atoms with Crippen LogP contribution in [0, 0.1) is 10.1 Å². The van der Waals surface area contributed by atoms with Crippen molar-refractivity contribution in [2.45, 2.75) is 20.4 Å². The fraction of sp³-hybridized carbons (Fsp3) is 0.435. The predicted octanol–water partition coefficient (Wildman–Crippen LogP) is 3.49. The van der Waals surface area contributed by atoms with Crippen molar-refractivity contribution < 1.29 is 14.4 Å². The molecule has 32 heavy (non-hydrogen) atoms. The third-order valence-corrected chi connectivity index (χ3v) is 5.87. The number of nitrogens with zero attached hydrogens (tertiary/aromatic N) is 4. The summed E-state index contributed by atoms with van der Waals surface area (Å²) in [6, 6.07) is 6.58. The van der Waals surface area contributed by atoms with E-state index in [2.05, 4.69) is 18.7 Å². The van der Waals surface area contributed by atoms with E-state index < -0.39 is 4.92 Å². The number of pyridine rings is 1. The zero-order valence-electron chi connectivity index (χ0n) is 19.5. The first kappa shape index (κ1) is 23.3. The van der Waals surface area contributed by atoms with Gasteiger partial charge in [-0.15, -0.1) is 0 Å². The van der Waals surface area contributed by atoms with E-state index in [1.807, 2.05) is 10.6 Å². The Balaban J connectivity index is 2.49. The Kier molecular flexibility index (Phi) is 6.88. The number of ether oxygens (including phenoxy) is 2. The van der Waals surface area contributed by atoms with Gasteiger partial charge in [-0.3, -0.25) is 14.9 Å². The number of methoxy groups -OCH3 is 2. The molecule has 9 nitrogen and oxygen atoms in total. The van der Waals surface area contributed by atoms with Crippen LogP contribution < -0.4 is 19.8 Å². The van der Waals surface area contributed by atoms with Gasteiger partial charge in [0.2, 0.25) is 5.43 Å². The molecular formula is C23H30N4O5. The van der Waals surface area contributed by atoms with Crippen LogP contribution in [0.15, 0.2) is 29.1 Å². The minimum absolute atomic E-state index is 0.110. The number of nitro benzene ring substituents is 1. The lowest BCUT2D eigenvalue weighted by molar-refractivity contribution is -0.384. The first-order chi connectivity index (χ1) is 15.3. The van der Waals surface area contributed by atoms with E-state index in [9.17, 15) is 14.9 Å².